The van der Waals surface area contributed by atoms with Crippen LogP contribution in [0.1, 0.15) is 31.2 Å². The molecule has 1 amide bonds. The Kier molecular flexibility index (Phi) is 4.14. The Bertz CT molecular complexity index is 455. The topological polar surface area (TPSA) is 55.4 Å². The minimum Gasteiger partial charge on any atom is -0.445 e. The van der Waals surface area contributed by atoms with Crippen molar-refractivity contribution < 1.29 is 18.7 Å². The molecule has 1 aromatic carbocycles. The van der Waals surface area contributed by atoms with Gasteiger partial charge in [0.15, 0.2) is 0 Å². The molecule has 1 saturated carbocycles. The maximum Gasteiger partial charge on any atom is 0.408 e. The van der Waals surface area contributed by atoms with E-state index in [0.29, 0.717) is 12.8 Å². The summed E-state index contributed by atoms with van der Waals surface area (Å²) in [5.74, 6) is 0. The first-order chi connectivity index (χ1) is 9.12. The average Bonchev–Trinajstić information content (AvgIpc) is 2.87. The van der Waals surface area contributed by atoms with E-state index in [4.69, 9.17) is 4.74 Å². The van der Waals surface area contributed by atoms with Gasteiger partial charge in [-0.2, -0.15) is 4.39 Å². The predicted octanol–water partition coefficient (Wildman–Crippen LogP) is 2.72. The number of rotatable bonds is 4. The number of nitrogens with one attached hydrogen (secondary N) is 1. The first-order valence-corrected chi connectivity index (χ1v) is 6.31. The Morgan fingerprint density at radius 1 is 1.21 bits per heavy atom. The lowest BCUT2D eigenvalue weighted by atomic mass is 9.99. The molecule has 1 aromatic rings. The van der Waals surface area contributed by atoms with E-state index < -0.39 is 17.7 Å². The fourth-order valence-corrected chi connectivity index (χ4v) is 2.30. The summed E-state index contributed by atoms with van der Waals surface area (Å²) in [6, 6.07) is 7.68. The van der Waals surface area contributed by atoms with E-state index in [0.717, 1.165) is 18.4 Å². The van der Waals surface area contributed by atoms with E-state index in [1.807, 2.05) is 30.3 Å². The van der Waals surface area contributed by atoms with E-state index in [9.17, 15) is 14.0 Å². The molecule has 1 N–H and O–H groups in total. The molecule has 1 aliphatic rings. The monoisotopic (exact) mass is 265 g/mol. The van der Waals surface area contributed by atoms with Gasteiger partial charge in [0.2, 0.25) is 0 Å². The number of amides is 1. The van der Waals surface area contributed by atoms with Crippen molar-refractivity contribution in [2.24, 2.45) is 0 Å². The largest absolute Gasteiger partial charge is 0.445 e. The summed E-state index contributed by atoms with van der Waals surface area (Å²) in [5.41, 5.74) is -0.530. The van der Waals surface area contributed by atoms with Crippen molar-refractivity contribution in [3.8, 4) is 0 Å². The molecule has 0 unspecified atom stereocenters. The van der Waals surface area contributed by atoms with Gasteiger partial charge in [0.25, 0.3) is 0 Å². The van der Waals surface area contributed by atoms with Gasteiger partial charge < -0.3 is 10.1 Å². The SMILES string of the molecule is O=C(NC1(C(=O)F)CCCC1)OCc1ccccc1. The maximum absolute atomic E-state index is 13.1. The van der Waals surface area contributed by atoms with Crippen molar-refractivity contribution in [1.82, 2.24) is 5.32 Å². The molecular formula is C14H16FNO3. The summed E-state index contributed by atoms with van der Waals surface area (Å²) in [7, 11) is 0. The summed E-state index contributed by atoms with van der Waals surface area (Å²) < 4.78 is 18.1. The number of carbonyl (C=O) groups is 2. The molecule has 0 spiro atoms. The molecule has 5 heteroatoms. The highest BCUT2D eigenvalue weighted by Crippen LogP contribution is 2.31. The van der Waals surface area contributed by atoms with Crippen LogP contribution in [0.15, 0.2) is 30.3 Å². The number of benzene rings is 1. The molecule has 0 bridgehead atoms. The van der Waals surface area contributed by atoms with E-state index in [1.54, 1.807) is 0 Å². The van der Waals surface area contributed by atoms with Crippen molar-refractivity contribution in [3.05, 3.63) is 35.9 Å². The zero-order valence-corrected chi connectivity index (χ0v) is 10.5. The quantitative estimate of drug-likeness (QED) is 0.852. The van der Waals surface area contributed by atoms with Crippen LogP contribution in [0.4, 0.5) is 9.18 Å². The Balaban J connectivity index is 1.88. The first kappa shape index (κ1) is 13.5. The lowest BCUT2D eigenvalue weighted by molar-refractivity contribution is -0.136. The molecule has 0 aromatic heterocycles. The molecule has 19 heavy (non-hydrogen) atoms. The van der Waals surface area contributed by atoms with Crippen molar-refractivity contribution in [2.45, 2.75) is 37.8 Å². The van der Waals surface area contributed by atoms with Crippen LogP contribution in [0.3, 0.4) is 0 Å². The van der Waals surface area contributed by atoms with E-state index in [1.165, 1.54) is 0 Å². The third-order valence-corrected chi connectivity index (χ3v) is 3.39. The van der Waals surface area contributed by atoms with Crippen LogP contribution in [0.25, 0.3) is 0 Å². The fraction of sp³-hybridized carbons (Fsp3) is 0.429. The Hall–Kier alpha value is -1.91. The molecule has 0 heterocycles. The summed E-state index contributed by atoms with van der Waals surface area (Å²) in [5, 5.41) is 2.38. The van der Waals surface area contributed by atoms with Gasteiger partial charge >= 0.3 is 12.1 Å². The second-order valence-corrected chi connectivity index (χ2v) is 4.75. The van der Waals surface area contributed by atoms with Crippen LogP contribution < -0.4 is 5.32 Å². The van der Waals surface area contributed by atoms with E-state index >= 15 is 0 Å². The Labute approximate surface area is 110 Å². The highest BCUT2D eigenvalue weighted by atomic mass is 19.1. The number of hydrogen-bond acceptors (Lipinski definition) is 3. The molecular weight excluding hydrogens is 249 g/mol. The van der Waals surface area contributed by atoms with Crippen molar-refractivity contribution in [1.29, 1.82) is 0 Å². The van der Waals surface area contributed by atoms with Crippen LogP contribution in [0.2, 0.25) is 0 Å². The zero-order chi connectivity index (χ0) is 13.7. The normalized spacial score (nSPS) is 16.9. The van der Waals surface area contributed by atoms with Gasteiger partial charge in [-0.05, 0) is 18.4 Å². The van der Waals surface area contributed by atoms with Crippen molar-refractivity contribution in [3.63, 3.8) is 0 Å². The molecule has 4 nitrogen and oxygen atoms in total. The standard InChI is InChI=1S/C14H16FNO3/c15-12(17)14(8-4-5-9-14)16-13(18)19-10-11-6-2-1-3-7-11/h1-3,6-7H,4-5,8-10H2,(H,16,18). The number of hydrogen-bond donors (Lipinski definition) is 1. The van der Waals surface area contributed by atoms with Gasteiger partial charge in [-0.25, -0.2) is 4.79 Å². The van der Waals surface area contributed by atoms with Crippen LogP contribution in [0, 0.1) is 0 Å². The second kappa shape index (κ2) is 5.82. The molecule has 0 saturated heterocycles. The average molecular weight is 265 g/mol. The zero-order valence-electron chi connectivity index (χ0n) is 10.5. The molecule has 0 radical (unpaired) electrons. The minimum absolute atomic E-state index is 0.100. The van der Waals surface area contributed by atoms with Crippen LogP contribution in [-0.4, -0.2) is 17.7 Å². The molecule has 102 valence electrons. The molecule has 2 rings (SSSR count). The number of halogens is 1. The van der Waals surface area contributed by atoms with Crippen LogP contribution >= 0.6 is 0 Å². The summed E-state index contributed by atoms with van der Waals surface area (Å²) >= 11 is 0. The summed E-state index contributed by atoms with van der Waals surface area (Å²) in [4.78, 5) is 22.7. The van der Waals surface area contributed by atoms with Crippen LogP contribution in [0.5, 0.6) is 0 Å². The Morgan fingerprint density at radius 2 is 1.84 bits per heavy atom. The van der Waals surface area contributed by atoms with Gasteiger partial charge in [0.05, 0.1) is 0 Å². The van der Waals surface area contributed by atoms with Gasteiger partial charge in [-0.15, -0.1) is 0 Å². The Morgan fingerprint density at radius 3 is 2.42 bits per heavy atom. The molecule has 0 aliphatic heterocycles. The van der Waals surface area contributed by atoms with E-state index in [2.05, 4.69) is 5.32 Å². The summed E-state index contributed by atoms with van der Waals surface area (Å²) in [6.45, 7) is 0.100. The highest BCUT2D eigenvalue weighted by Gasteiger charge is 2.43. The third-order valence-electron chi connectivity index (χ3n) is 3.39. The molecule has 1 fully saturated rings. The van der Waals surface area contributed by atoms with Gasteiger partial charge in [-0.3, -0.25) is 4.79 Å². The third kappa shape index (κ3) is 3.30. The predicted molar refractivity (Wildman–Crippen MR) is 67.1 cm³/mol. The molecule has 1 aliphatic carbocycles. The first-order valence-electron chi connectivity index (χ1n) is 6.31. The lowest BCUT2D eigenvalue weighted by Crippen LogP contribution is -2.51. The highest BCUT2D eigenvalue weighted by molar-refractivity contribution is 5.85. The number of ether oxygens (including phenoxy) is 1. The number of carbonyl (C=O) groups excluding carboxylic acids is 2. The fourth-order valence-electron chi connectivity index (χ4n) is 2.30. The minimum atomic E-state index is -1.48. The van der Waals surface area contributed by atoms with Gasteiger partial charge in [-0.1, -0.05) is 43.2 Å². The van der Waals surface area contributed by atoms with E-state index in [-0.39, 0.29) is 6.61 Å². The van der Waals surface area contributed by atoms with Crippen LogP contribution in [-0.2, 0) is 16.1 Å². The lowest BCUT2D eigenvalue weighted by Gasteiger charge is -2.24. The summed E-state index contributed by atoms with van der Waals surface area (Å²) in [6.07, 6.45) is 1.38. The van der Waals surface area contributed by atoms with Crippen molar-refractivity contribution in [2.75, 3.05) is 0 Å². The second-order valence-electron chi connectivity index (χ2n) is 4.75. The molecule has 0 atom stereocenters. The van der Waals surface area contributed by atoms with Gasteiger partial charge in [0, 0.05) is 0 Å². The van der Waals surface area contributed by atoms with Gasteiger partial charge in [0.1, 0.15) is 12.1 Å². The van der Waals surface area contributed by atoms with Crippen molar-refractivity contribution >= 4 is 12.1 Å². The maximum atomic E-state index is 13.1. The smallest absolute Gasteiger partial charge is 0.408 e. The number of alkyl carbamates (subject to hydrolysis) is 1.